The van der Waals surface area contributed by atoms with Crippen molar-refractivity contribution in [1.82, 2.24) is 19.4 Å². The third kappa shape index (κ3) is 2.97. The number of aromatic nitrogens is 3. The second kappa shape index (κ2) is 7.02. The number of pyridine rings is 2. The molecule has 3 atom stereocenters. The van der Waals surface area contributed by atoms with Crippen LogP contribution in [-0.2, 0) is 0 Å². The van der Waals surface area contributed by atoms with Crippen molar-refractivity contribution in [3.63, 3.8) is 0 Å². The predicted molar refractivity (Wildman–Crippen MR) is 119 cm³/mol. The molecular formula is C23H25N5S. The summed E-state index contributed by atoms with van der Waals surface area (Å²) in [6, 6.07) is 12.7. The largest absolute Gasteiger partial charge is 0.341 e. The van der Waals surface area contributed by atoms with E-state index in [1.54, 1.807) is 0 Å². The first-order valence-electron chi connectivity index (χ1n) is 10.1. The monoisotopic (exact) mass is 403 g/mol. The number of hydrogen-bond donors (Lipinski definition) is 0. The molecule has 5 nitrogen and oxygen atoms in total. The summed E-state index contributed by atoms with van der Waals surface area (Å²) in [5.41, 5.74) is 5.96. The van der Waals surface area contributed by atoms with Crippen LogP contribution in [-0.4, -0.2) is 36.4 Å². The van der Waals surface area contributed by atoms with Gasteiger partial charge in [0.15, 0.2) is 5.17 Å². The van der Waals surface area contributed by atoms with E-state index in [4.69, 9.17) is 4.99 Å². The van der Waals surface area contributed by atoms with Gasteiger partial charge in [0.25, 0.3) is 0 Å². The van der Waals surface area contributed by atoms with Gasteiger partial charge < -0.3 is 9.47 Å². The summed E-state index contributed by atoms with van der Waals surface area (Å²) in [6.07, 6.45) is 3.74. The highest BCUT2D eigenvalue weighted by Crippen LogP contribution is 2.48. The Bertz CT molecular complexity index is 1090. The smallest absolute Gasteiger partial charge is 0.160 e. The molecule has 0 bridgehead atoms. The van der Waals surface area contributed by atoms with Gasteiger partial charge in [0.1, 0.15) is 11.9 Å². The zero-order valence-corrected chi connectivity index (χ0v) is 18.0. The van der Waals surface area contributed by atoms with Gasteiger partial charge in [-0.2, -0.15) is 0 Å². The van der Waals surface area contributed by atoms with Gasteiger partial charge >= 0.3 is 0 Å². The predicted octanol–water partition coefficient (Wildman–Crippen LogP) is 4.78. The minimum Gasteiger partial charge on any atom is -0.341 e. The van der Waals surface area contributed by atoms with Crippen molar-refractivity contribution >= 4 is 16.9 Å². The average molecular weight is 404 g/mol. The lowest BCUT2D eigenvalue weighted by Crippen LogP contribution is -2.29. The molecule has 148 valence electrons. The average Bonchev–Trinajstić information content (AvgIpc) is 3.33. The van der Waals surface area contributed by atoms with E-state index < -0.39 is 0 Å². The van der Waals surface area contributed by atoms with Crippen molar-refractivity contribution in [2.45, 2.75) is 45.0 Å². The maximum absolute atomic E-state index is 5.12. The molecule has 29 heavy (non-hydrogen) atoms. The molecule has 5 rings (SSSR count). The van der Waals surface area contributed by atoms with Crippen LogP contribution >= 0.6 is 11.8 Å². The van der Waals surface area contributed by atoms with Gasteiger partial charge in [-0.05, 0) is 56.2 Å². The molecule has 2 aliphatic heterocycles. The molecule has 0 spiro atoms. The lowest BCUT2D eigenvalue weighted by molar-refractivity contribution is 0.320. The molecule has 0 aliphatic carbocycles. The molecule has 0 aromatic carbocycles. The van der Waals surface area contributed by atoms with Gasteiger partial charge in [0.2, 0.25) is 0 Å². The quantitative estimate of drug-likeness (QED) is 0.631. The van der Waals surface area contributed by atoms with Crippen LogP contribution in [0.1, 0.15) is 47.2 Å². The SMILES string of the molecule is Cc1cccnc1-n1c(C)cc([C@H]2[C@@H](c3ccccn3)N=C3S[C@@H](C)CN32)c1C. The molecule has 5 heterocycles. The number of aliphatic imine (C=N–C) groups is 1. The van der Waals surface area contributed by atoms with E-state index in [0.717, 1.165) is 23.2 Å². The zero-order valence-electron chi connectivity index (χ0n) is 17.2. The van der Waals surface area contributed by atoms with Gasteiger partial charge in [0, 0.05) is 35.6 Å². The fourth-order valence-electron chi connectivity index (χ4n) is 4.58. The van der Waals surface area contributed by atoms with Gasteiger partial charge in [-0.25, -0.2) is 4.98 Å². The summed E-state index contributed by atoms with van der Waals surface area (Å²) >= 11 is 1.88. The Morgan fingerprint density at radius 3 is 2.62 bits per heavy atom. The van der Waals surface area contributed by atoms with Crippen LogP contribution in [0.4, 0.5) is 0 Å². The minimum absolute atomic E-state index is 0.0185. The van der Waals surface area contributed by atoms with E-state index >= 15 is 0 Å². The van der Waals surface area contributed by atoms with Crippen LogP contribution in [0.2, 0.25) is 0 Å². The van der Waals surface area contributed by atoms with Crippen LogP contribution in [0.15, 0.2) is 53.8 Å². The third-order valence-electron chi connectivity index (χ3n) is 5.86. The Hall–Kier alpha value is -2.60. The van der Waals surface area contributed by atoms with Crippen molar-refractivity contribution < 1.29 is 0 Å². The number of nitrogens with zero attached hydrogens (tertiary/aromatic N) is 5. The van der Waals surface area contributed by atoms with Gasteiger partial charge in [-0.1, -0.05) is 30.8 Å². The highest BCUT2D eigenvalue weighted by atomic mass is 32.2. The molecule has 0 N–H and O–H groups in total. The Morgan fingerprint density at radius 2 is 1.86 bits per heavy atom. The first kappa shape index (κ1) is 18.4. The topological polar surface area (TPSA) is 46.3 Å². The number of fused-ring (bicyclic) bond motifs is 1. The van der Waals surface area contributed by atoms with Crippen LogP contribution in [0.5, 0.6) is 0 Å². The van der Waals surface area contributed by atoms with E-state index in [2.05, 4.69) is 71.4 Å². The maximum atomic E-state index is 5.12. The molecule has 0 unspecified atom stereocenters. The summed E-state index contributed by atoms with van der Waals surface area (Å²) < 4.78 is 2.28. The number of thioether (sulfide) groups is 1. The van der Waals surface area contributed by atoms with Gasteiger partial charge in [-0.15, -0.1) is 0 Å². The lowest BCUT2D eigenvalue weighted by Gasteiger charge is -2.27. The molecule has 0 saturated carbocycles. The molecule has 0 amide bonds. The molecule has 3 aromatic heterocycles. The van der Waals surface area contributed by atoms with E-state index in [9.17, 15) is 0 Å². The van der Waals surface area contributed by atoms with Crippen molar-refractivity contribution in [2.24, 2.45) is 4.99 Å². The van der Waals surface area contributed by atoms with Crippen molar-refractivity contribution in [1.29, 1.82) is 0 Å². The highest BCUT2D eigenvalue weighted by Gasteiger charge is 2.44. The van der Waals surface area contributed by atoms with Crippen LogP contribution in [0, 0.1) is 20.8 Å². The van der Waals surface area contributed by atoms with E-state index in [0.29, 0.717) is 5.25 Å². The van der Waals surface area contributed by atoms with Crippen molar-refractivity contribution in [3.8, 4) is 5.82 Å². The highest BCUT2D eigenvalue weighted by molar-refractivity contribution is 8.14. The number of aryl methyl sites for hydroxylation is 2. The van der Waals surface area contributed by atoms with Crippen LogP contribution in [0.25, 0.3) is 5.82 Å². The second-order valence-corrected chi connectivity index (χ2v) is 9.35. The fraction of sp³-hybridized carbons (Fsp3) is 0.348. The molecule has 1 fully saturated rings. The molecule has 1 saturated heterocycles. The number of hydrogen-bond acceptors (Lipinski definition) is 5. The normalized spacial score (nSPS) is 23.4. The zero-order chi connectivity index (χ0) is 20.1. The van der Waals surface area contributed by atoms with Gasteiger partial charge in [-0.3, -0.25) is 9.98 Å². The van der Waals surface area contributed by atoms with E-state index in [1.165, 1.54) is 22.5 Å². The lowest BCUT2D eigenvalue weighted by atomic mass is 9.96. The second-order valence-electron chi connectivity index (χ2n) is 7.94. The molecule has 2 aliphatic rings. The Balaban J connectivity index is 1.64. The first-order valence-corrected chi connectivity index (χ1v) is 11.0. The molecule has 6 heteroatoms. The number of rotatable bonds is 3. The summed E-state index contributed by atoms with van der Waals surface area (Å²) in [6.45, 7) is 9.78. The molecular weight excluding hydrogens is 378 g/mol. The van der Waals surface area contributed by atoms with Crippen molar-refractivity contribution in [3.05, 3.63) is 77.0 Å². The van der Waals surface area contributed by atoms with Gasteiger partial charge in [0.05, 0.1) is 11.7 Å². The summed E-state index contributed by atoms with van der Waals surface area (Å²) in [4.78, 5) is 16.9. The van der Waals surface area contributed by atoms with Crippen LogP contribution in [0.3, 0.4) is 0 Å². The van der Waals surface area contributed by atoms with Crippen LogP contribution < -0.4 is 0 Å². The van der Waals surface area contributed by atoms with Crippen molar-refractivity contribution in [2.75, 3.05) is 6.54 Å². The maximum Gasteiger partial charge on any atom is 0.160 e. The summed E-state index contributed by atoms with van der Waals surface area (Å²) in [7, 11) is 0. The standard InChI is InChI=1S/C23H25N5S/c1-14-8-7-11-25-22(14)28-15(2)12-18(17(28)4)21-20(19-9-5-6-10-24-19)26-23-27(21)13-16(3)29-23/h5-12,16,20-21H,13H2,1-4H3/t16-,20+,21-/m0/s1. The van der Waals surface area contributed by atoms with E-state index in [-0.39, 0.29) is 12.1 Å². The fourth-order valence-corrected chi connectivity index (χ4v) is 5.67. The third-order valence-corrected chi connectivity index (χ3v) is 6.97. The minimum atomic E-state index is 0.0185. The first-order chi connectivity index (χ1) is 14.0. The Labute approximate surface area is 175 Å². The number of amidine groups is 1. The summed E-state index contributed by atoms with van der Waals surface area (Å²) in [5, 5.41) is 1.71. The molecule has 3 aromatic rings. The Morgan fingerprint density at radius 1 is 1.03 bits per heavy atom. The summed E-state index contributed by atoms with van der Waals surface area (Å²) in [5.74, 6) is 1.01. The van der Waals surface area contributed by atoms with E-state index in [1.807, 2.05) is 36.3 Å². The molecule has 0 radical (unpaired) electrons. The Kier molecular flexibility index (Phi) is 4.46.